The first kappa shape index (κ1) is 12.3. The molecule has 6 heteroatoms. The van der Waals surface area contributed by atoms with Crippen LogP contribution in [0.4, 0.5) is 5.69 Å². The standard InChI is InChI=1S/C11H14ClN3O2/c12-10-4-1-7(6-14-10)15-11(16)9-3-2-8(5-13)17-9/h1,4,6,8-9H,2-3,5,13H2,(H,15,16). The number of rotatable bonds is 3. The normalized spacial score (nSPS) is 23.6. The van der Waals surface area contributed by atoms with Crippen molar-refractivity contribution in [3.05, 3.63) is 23.5 Å². The van der Waals surface area contributed by atoms with Crippen LogP contribution in [-0.2, 0) is 9.53 Å². The van der Waals surface area contributed by atoms with Crippen LogP contribution in [0.1, 0.15) is 12.8 Å². The van der Waals surface area contributed by atoms with Gasteiger partial charge in [-0.1, -0.05) is 11.6 Å². The van der Waals surface area contributed by atoms with E-state index in [-0.39, 0.29) is 12.0 Å². The lowest BCUT2D eigenvalue weighted by Crippen LogP contribution is -2.29. The SMILES string of the molecule is NCC1CCC(C(=O)Nc2ccc(Cl)nc2)O1. The summed E-state index contributed by atoms with van der Waals surface area (Å²) in [7, 11) is 0. The number of carbonyl (C=O) groups is 1. The molecule has 0 saturated carbocycles. The van der Waals surface area contributed by atoms with Gasteiger partial charge in [-0.2, -0.15) is 0 Å². The second-order valence-corrected chi connectivity index (χ2v) is 4.31. The summed E-state index contributed by atoms with van der Waals surface area (Å²) in [4.78, 5) is 15.7. The van der Waals surface area contributed by atoms with Crippen LogP contribution in [0.25, 0.3) is 0 Å². The Kier molecular flexibility index (Phi) is 3.93. The molecule has 0 aliphatic carbocycles. The molecule has 2 unspecified atom stereocenters. The van der Waals surface area contributed by atoms with Crippen LogP contribution in [0.5, 0.6) is 0 Å². The van der Waals surface area contributed by atoms with Crippen LogP contribution in [-0.4, -0.2) is 29.6 Å². The first-order chi connectivity index (χ1) is 8.19. The Morgan fingerprint density at radius 2 is 2.41 bits per heavy atom. The fourth-order valence-corrected chi connectivity index (χ4v) is 1.86. The van der Waals surface area contributed by atoms with Crippen molar-refractivity contribution in [3.63, 3.8) is 0 Å². The maximum Gasteiger partial charge on any atom is 0.253 e. The summed E-state index contributed by atoms with van der Waals surface area (Å²) in [5, 5.41) is 3.12. The highest BCUT2D eigenvalue weighted by Gasteiger charge is 2.29. The highest BCUT2D eigenvalue weighted by Crippen LogP contribution is 2.20. The second-order valence-electron chi connectivity index (χ2n) is 3.92. The summed E-state index contributed by atoms with van der Waals surface area (Å²) in [6, 6.07) is 3.32. The van der Waals surface area contributed by atoms with E-state index in [0.717, 1.165) is 6.42 Å². The first-order valence-electron chi connectivity index (χ1n) is 5.47. The molecule has 2 heterocycles. The lowest BCUT2D eigenvalue weighted by molar-refractivity contribution is -0.126. The Morgan fingerprint density at radius 1 is 1.59 bits per heavy atom. The molecule has 1 amide bonds. The minimum atomic E-state index is -0.417. The molecule has 1 fully saturated rings. The molecule has 5 nitrogen and oxygen atoms in total. The van der Waals surface area contributed by atoms with Crippen molar-refractivity contribution in [2.45, 2.75) is 25.0 Å². The van der Waals surface area contributed by atoms with Crippen LogP contribution in [0.3, 0.4) is 0 Å². The number of aromatic nitrogens is 1. The van der Waals surface area contributed by atoms with Crippen LogP contribution >= 0.6 is 11.6 Å². The van der Waals surface area contributed by atoms with E-state index in [1.54, 1.807) is 12.1 Å². The van der Waals surface area contributed by atoms with E-state index < -0.39 is 6.10 Å². The van der Waals surface area contributed by atoms with E-state index in [1.807, 2.05) is 0 Å². The van der Waals surface area contributed by atoms with Gasteiger partial charge in [-0.3, -0.25) is 4.79 Å². The van der Waals surface area contributed by atoms with E-state index in [4.69, 9.17) is 22.1 Å². The lowest BCUT2D eigenvalue weighted by atomic mass is 10.2. The Hall–Kier alpha value is -1.17. The molecule has 0 aromatic carbocycles. The molecular weight excluding hydrogens is 242 g/mol. The number of nitrogens with one attached hydrogen (secondary N) is 1. The number of hydrogen-bond acceptors (Lipinski definition) is 4. The van der Waals surface area contributed by atoms with Crippen molar-refractivity contribution >= 4 is 23.2 Å². The fourth-order valence-electron chi connectivity index (χ4n) is 1.74. The molecule has 1 saturated heterocycles. The minimum Gasteiger partial charge on any atom is -0.364 e. The van der Waals surface area contributed by atoms with Gasteiger partial charge >= 0.3 is 0 Å². The summed E-state index contributed by atoms with van der Waals surface area (Å²) >= 11 is 5.65. The number of ether oxygens (including phenoxy) is 1. The number of amides is 1. The van der Waals surface area contributed by atoms with Gasteiger partial charge in [0.15, 0.2) is 0 Å². The minimum absolute atomic E-state index is 0.00547. The van der Waals surface area contributed by atoms with Crippen LogP contribution in [0.15, 0.2) is 18.3 Å². The lowest BCUT2D eigenvalue weighted by Gasteiger charge is -2.12. The topological polar surface area (TPSA) is 77.2 Å². The molecular formula is C11H14ClN3O2. The third kappa shape index (κ3) is 3.15. The molecule has 17 heavy (non-hydrogen) atoms. The van der Waals surface area contributed by atoms with Gasteiger partial charge in [-0.15, -0.1) is 0 Å². The van der Waals surface area contributed by atoms with Gasteiger partial charge in [0, 0.05) is 6.54 Å². The maximum absolute atomic E-state index is 11.8. The van der Waals surface area contributed by atoms with Gasteiger partial charge in [0.05, 0.1) is 18.0 Å². The number of carbonyl (C=O) groups excluding carboxylic acids is 1. The highest BCUT2D eigenvalue weighted by molar-refractivity contribution is 6.29. The third-order valence-electron chi connectivity index (χ3n) is 2.66. The van der Waals surface area contributed by atoms with E-state index in [2.05, 4.69) is 10.3 Å². The summed E-state index contributed by atoms with van der Waals surface area (Å²) < 4.78 is 5.48. The molecule has 1 aromatic rings. The van der Waals surface area contributed by atoms with Gasteiger partial charge in [-0.25, -0.2) is 4.98 Å². The third-order valence-corrected chi connectivity index (χ3v) is 2.88. The quantitative estimate of drug-likeness (QED) is 0.795. The predicted octanol–water partition coefficient (Wildman–Crippen LogP) is 1.18. The second kappa shape index (κ2) is 5.44. The zero-order chi connectivity index (χ0) is 12.3. The number of halogens is 1. The average Bonchev–Trinajstić information content (AvgIpc) is 2.81. The largest absolute Gasteiger partial charge is 0.364 e. The summed E-state index contributed by atoms with van der Waals surface area (Å²) in [6.45, 7) is 0.451. The Labute approximate surface area is 104 Å². The number of nitrogens with two attached hydrogens (primary N) is 1. The zero-order valence-electron chi connectivity index (χ0n) is 9.23. The molecule has 0 bridgehead atoms. The Balaban J connectivity index is 1.91. The number of nitrogens with zero attached hydrogens (tertiary/aromatic N) is 1. The number of hydrogen-bond donors (Lipinski definition) is 2. The molecule has 2 rings (SSSR count). The van der Waals surface area contributed by atoms with Crippen molar-refractivity contribution in [1.82, 2.24) is 4.98 Å². The number of anilines is 1. The maximum atomic E-state index is 11.8. The van der Waals surface area contributed by atoms with Crippen molar-refractivity contribution in [2.24, 2.45) is 5.73 Å². The first-order valence-corrected chi connectivity index (χ1v) is 5.85. The van der Waals surface area contributed by atoms with Gasteiger partial charge in [0.25, 0.3) is 5.91 Å². The molecule has 1 aromatic heterocycles. The highest BCUT2D eigenvalue weighted by atomic mass is 35.5. The summed E-state index contributed by atoms with van der Waals surface area (Å²) in [6.07, 6.45) is 2.62. The molecule has 1 aliphatic heterocycles. The van der Waals surface area contributed by atoms with Gasteiger partial charge < -0.3 is 15.8 Å². The molecule has 0 radical (unpaired) electrons. The van der Waals surface area contributed by atoms with Crippen LogP contribution < -0.4 is 11.1 Å². The van der Waals surface area contributed by atoms with Gasteiger partial charge in [0.1, 0.15) is 11.3 Å². The monoisotopic (exact) mass is 255 g/mol. The average molecular weight is 256 g/mol. The van der Waals surface area contributed by atoms with Crippen molar-refractivity contribution in [3.8, 4) is 0 Å². The number of pyridine rings is 1. The summed E-state index contributed by atoms with van der Waals surface area (Å²) in [5.74, 6) is -0.162. The molecule has 1 aliphatic rings. The van der Waals surface area contributed by atoms with E-state index in [0.29, 0.717) is 23.8 Å². The van der Waals surface area contributed by atoms with E-state index in [1.165, 1.54) is 6.20 Å². The zero-order valence-corrected chi connectivity index (χ0v) is 9.98. The Morgan fingerprint density at radius 3 is 3.00 bits per heavy atom. The fraction of sp³-hybridized carbons (Fsp3) is 0.455. The molecule has 0 spiro atoms. The van der Waals surface area contributed by atoms with E-state index >= 15 is 0 Å². The van der Waals surface area contributed by atoms with Gasteiger partial charge in [-0.05, 0) is 25.0 Å². The summed E-state index contributed by atoms with van der Waals surface area (Å²) in [5.41, 5.74) is 6.09. The van der Waals surface area contributed by atoms with E-state index in [9.17, 15) is 4.79 Å². The predicted molar refractivity (Wildman–Crippen MR) is 64.8 cm³/mol. The molecule has 3 N–H and O–H groups in total. The Bertz CT molecular complexity index is 396. The molecule has 92 valence electrons. The van der Waals surface area contributed by atoms with Crippen molar-refractivity contribution < 1.29 is 9.53 Å². The van der Waals surface area contributed by atoms with Crippen molar-refractivity contribution in [2.75, 3.05) is 11.9 Å². The van der Waals surface area contributed by atoms with Crippen LogP contribution in [0.2, 0.25) is 5.15 Å². The van der Waals surface area contributed by atoms with Crippen LogP contribution in [0, 0.1) is 0 Å². The smallest absolute Gasteiger partial charge is 0.253 e. The molecule has 2 atom stereocenters. The van der Waals surface area contributed by atoms with Gasteiger partial charge in [0.2, 0.25) is 0 Å². The van der Waals surface area contributed by atoms with Crippen molar-refractivity contribution in [1.29, 1.82) is 0 Å².